The lowest BCUT2D eigenvalue weighted by Crippen LogP contribution is -2.41. The first-order valence-electron chi connectivity index (χ1n) is 11.8. The average Bonchev–Trinajstić information content (AvgIpc) is 3.35. The number of carbonyl (C=O) groups excluding carboxylic acids is 1. The number of furan rings is 1. The van der Waals surface area contributed by atoms with E-state index in [0.29, 0.717) is 54.2 Å². The van der Waals surface area contributed by atoms with Crippen LogP contribution in [0.25, 0.3) is 22.1 Å². The number of ether oxygens (including phenoxy) is 2. The van der Waals surface area contributed by atoms with E-state index in [2.05, 4.69) is 0 Å². The molecule has 10 nitrogen and oxygen atoms in total. The third kappa shape index (κ3) is 5.88. The summed E-state index contributed by atoms with van der Waals surface area (Å²) in [4.78, 5) is 34.8. The number of nitrogens with zero attached hydrogens (tertiary/aromatic N) is 3. The lowest BCUT2D eigenvalue weighted by Gasteiger charge is -2.28. The Balaban J connectivity index is 1.66. The van der Waals surface area contributed by atoms with Gasteiger partial charge in [0.05, 0.1) is 6.10 Å². The molecule has 2 atom stereocenters. The molecule has 1 aromatic carbocycles. The summed E-state index contributed by atoms with van der Waals surface area (Å²) in [5.41, 5.74) is 1.10. The molecule has 0 radical (unpaired) electrons. The molecule has 2 N–H and O–H groups in total. The number of aromatic nitrogens is 2. The highest BCUT2D eigenvalue weighted by atomic mass is 16.6. The number of aliphatic hydroxyl groups is 1. The number of anilines is 1. The van der Waals surface area contributed by atoms with Crippen molar-refractivity contribution in [2.45, 2.75) is 64.2 Å². The van der Waals surface area contributed by atoms with E-state index in [4.69, 9.17) is 29.0 Å². The number of para-hydroxylation sites is 1. The van der Waals surface area contributed by atoms with Gasteiger partial charge >= 0.3 is 11.9 Å². The zero-order chi connectivity index (χ0) is 25.2. The van der Waals surface area contributed by atoms with Crippen LogP contribution in [0.15, 0.2) is 28.7 Å². The first-order valence-corrected chi connectivity index (χ1v) is 11.8. The van der Waals surface area contributed by atoms with Gasteiger partial charge in [-0.2, -0.15) is 0 Å². The van der Waals surface area contributed by atoms with Gasteiger partial charge in [0.1, 0.15) is 35.2 Å². The van der Waals surface area contributed by atoms with E-state index in [0.717, 1.165) is 5.39 Å². The monoisotopic (exact) mass is 485 g/mol. The van der Waals surface area contributed by atoms with Crippen molar-refractivity contribution in [3.05, 3.63) is 30.1 Å². The van der Waals surface area contributed by atoms with E-state index in [1.807, 2.05) is 24.3 Å². The predicted octanol–water partition coefficient (Wildman–Crippen LogP) is 3.08. The number of rotatable bonds is 9. The van der Waals surface area contributed by atoms with Crippen LogP contribution in [0.5, 0.6) is 0 Å². The number of carbonyl (C=O) groups is 2. The van der Waals surface area contributed by atoms with Gasteiger partial charge < -0.3 is 29.0 Å². The molecule has 0 aliphatic carbocycles. The van der Waals surface area contributed by atoms with Crippen molar-refractivity contribution in [2.24, 2.45) is 0 Å². The van der Waals surface area contributed by atoms with Gasteiger partial charge in [0.25, 0.3) is 0 Å². The molecule has 3 heterocycles. The molecular formula is C25H31N3O7. The second-order valence-electron chi connectivity index (χ2n) is 9.73. The van der Waals surface area contributed by atoms with Gasteiger partial charge in [0.2, 0.25) is 0 Å². The van der Waals surface area contributed by atoms with Gasteiger partial charge in [-0.3, -0.25) is 0 Å². The maximum atomic E-state index is 13.0. The Hall–Kier alpha value is -3.24. The molecule has 0 spiro atoms. The van der Waals surface area contributed by atoms with E-state index in [-0.39, 0.29) is 19.6 Å². The zero-order valence-electron chi connectivity index (χ0n) is 20.2. The van der Waals surface area contributed by atoms with Gasteiger partial charge in [-0.1, -0.05) is 12.1 Å². The lowest BCUT2D eigenvalue weighted by molar-refractivity contribution is -0.156. The molecule has 0 unspecified atom stereocenters. The van der Waals surface area contributed by atoms with Crippen molar-refractivity contribution in [1.29, 1.82) is 0 Å². The maximum Gasteiger partial charge on any atom is 0.329 e. The van der Waals surface area contributed by atoms with E-state index >= 15 is 0 Å². The first kappa shape index (κ1) is 24.9. The Morgan fingerprint density at radius 3 is 2.71 bits per heavy atom. The van der Waals surface area contributed by atoms with Crippen LogP contribution in [-0.4, -0.2) is 69.6 Å². The van der Waals surface area contributed by atoms with Crippen LogP contribution in [0.2, 0.25) is 0 Å². The molecule has 4 rings (SSSR count). The number of benzene rings is 1. The third-order valence-electron chi connectivity index (χ3n) is 5.64. The molecule has 3 aromatic rings. The second kappa shape index (κ2) is 10.2. The van der Waals surface area contributed by atoms with Crippen molar-refractivity contribution >= 4 is 39.8 Å². The smallest absolute Gasteiger partial charge is 0.329 e. The van der Waals surface area contributed by atoms with Crippen LogP contribution in [0, 0.1) is 0 Å². The van der Waals surface area contributed by atoms with Crippen LogP contribution < -0.4 is 4.90 Å². The van der Waals surface area contributed by atoms with Crippen LogP contribution >= 0.6 is 0 Å². The Labute approximate surface area is 202 Å². The van der Waals surface area contributed by atoms with E-state index in [1.54, 1.807) is 25.7 Å². The normalized spacial score (nSPS) is 18.5. The van der Waals surface area contributed by atoms with E-state index in [9.17, 15) is 14.7 Å². The number of esters is 1. The summed E-state index contributed by atoms with van der Waals surface area (Å²) in [6.45, 7) is 5.64. The fraction of sp³-hybridized carbons (Fsp3) is 0.520. The molecule has 188 valence electrons. The SMILES string of the molecule is CC(C)(C)OC(=O)[C@@H]1C[C@H](O)CN1c1nc(CCCCOCC(=O)O)nc2c1oc1ccccc12. The van der Waals surface area contributed by atoms with Crippen molar-refractivity contribution in [1.82, 2.24) is 9.97 Å². The number of carboxylic acids is 1. The quantitative estimate of drug-likeness (QED) is 0.344. The minimum atomic E-state index is -0.998. The summed E-state index contributed by atoms with van der Waals surface area (Å²) in [7, 11) is 0. The number of β-amino-alcohol motifs (C(OH)–C–C–N with tert-alkyl or cyclic N) is 1. The number of aryl methyl sites for hydroxylation is 1. The van der Waals surface area contributed by atoms with Gasteiger partial charge in [-0.15, -0.1) is 0 Å². The number of aliphatic carboxylic acids is 1. The summed E-state index contributed by atoms with van der Waals surface area (Å²) < 4.78 is 16.8. The van der Waals surface area contributed by atoms with Crippen LogP contribution in [0.3, 0.4) is 0 Å². The molecule has 2 aromatic heterocycles. The topological polar surface area (TPSA) is 135 Å². The Morgan fingerprint density at radius 2 is 1.97 bits per heavy atom. The van der Waals surface area contributed by atoms with Gasteiger partial charge in [-0.05, 0) is 45.7 Å². The highest BCUT2D eigenvalue weighted by Crippen LogP contribution is 2.36. The fourth-order valence-corrected chi connectivity index (χ4v) is 4.22. The second-order valence-corrected chi connectivity index (χ2v) is 9.73. The largest absolute Gasteiger partial charge is 0.480 e. The molecule has 0 bridgehead atoms. The van der Waals surface area contributed by atoms with Gasteiger partial charge in [0, 0.05) is 31.4 Å². The molecule has 1 fully saturated rings. The highest BCUT2D eigenvalue weighted by molar-refractivity contribution is 6.06. The minimum absolute atomic E-state index is 0.218. The van der Waals surface area contributed by atoms with Crippen LogP contribution in [0.1, 0.15) is 45.9 Å². The molecule has 35 heavy (non-hydrogen) atoms. The average molecular weight is 486 g/mol. The zero-order valence-corrected chi connectivity index (χ0v) is 20.2. The number of aliphatic hydroxyl groups excluding tert-OH is 1. The summed E-state index contributed by atoms with van der Waals surface area (Å²) in [5.74, 6) is -0.394. The molecule has 0 saturated carbocycles. The molecular weight excluding hydrogens is 454 g/mol. The first-order chi connectivity index (χ1) is 16.6. The predicted molar refractivity (Wildman–Crippen MR) is 128 cm³/mol. The number of hydrogen-bond acceptors (Lipinski definition) is 9. The van der Waals surface area contributed by atoms with Crippen molar-refractivity contribution in [3.8, 4) is 0 Å². The van der Waals surface area contributed by atoms with Gasteiger partial charge in [0.15, 0.2) is 11.4 Å². The third-order valence-corrected chi connectivity index (χ3v) is 5.64. The Bertz CT molecular complexity index is 1220. The molecule has 0 amide bonds. The van der Waals surface area contributed by atoms with Crippen molar-refractivity contribution in [2.75, 3.05) is 24.7 Å². The summed E-state index contributed by atoms with van der Waals surface area (Å²) >= 11 is 0. The Kier molecular flexibility index (Phi) is 7.23. The highest BCUT2D eigenvalue weighted by Gasteiger charge is 2.41. The maximum absolute atomic E-state index is 13.0. The molecule has 10 heteroatoms. The number of fused-ring (bicyclic) bond motifs is 3. The van der Waals surface area contributed by atoms with Crippen molar-refractivity contribution < 1.29 is 33.7 Å². The summed E-state index contributed by atoms with van der Waals surface area (Å²) in [6, 6.07) is 6.85. The fourth-order valence-electron chi connectivity index (χ4n) is 4.22. The van der Waals surface area contributed by atoms with Crippen molar-refractivity contribution in [3.63, 3.8) is 0 Å². The molecule has 1 aliphatic rings. The number of unbranched alkanes of at least 4 members (excludes halogenated alkanes) is 1. The number of carboxylic acid groups (broad SMARTS) is 1. The standard InChI is InChI=1S/C25H31N3O7/c1-25(2,3)35-24(32)17-12-15(29)13-28(17)23-22-21(16-8-4-5-9-18(16)34-22)26-19(27-23)10-6-7-11-33-14-20(30)31/h4-5,8-9,15,17,29H,6-7,10-14H2,1-3H3,(H,30,31)/t15-,17-/m0/s1. The molecule has 1 saturated heterocycles. The summed E-state index contributed by atoms with van der Waals surface area (Å²) in [5, 5.41) is 20.0. The van der Waals surface area contributed by atoms with E-state index in [1.165, 1.54) is 0 Å². The summed E-state index contributed by atoms with van der Waals surface area (Å²) in [6.07, 6.45) is 1.40. The Morgan fingerprint density at radius 1 is 1.20 bits per heavy atom. The van der Waals surface area contributed by atoms with Crippen LogP contribution in [0.4, 0.5) is 5.82 Å². The number of hydrogen-bond donors (Lipinski definition) is 2. The van der Waals surface area contributed by atoms with E-state index < -0.39 is 29.7 Å². The van der Waals surface area contributed by atoms with Crippen LogP contribution in [-0.2, 0) is 25.5 Å². The molecule has 1 aliphatic heterocycles. The minimum Gasteiger partial charge on any atom is -0.480 e. The van der Waals surface area contributed by atoms with Gasteiger partial charge in [-0.25, -0.2) is 19.6 Å². The lowest BCUT2D eigenvalue weighted by atomic mass is 10.1.